The second kappa shape index (κ2) is 10.9. The lowest BCUT2D eigenvalue weighted by atomic mass is 9.71. The maximum Gasteiger partial charge on any atom is 0.253 e. The largest absolute Gasteiger partial charge is 0.357 e. The fourth-order valence-corrected chi connectivity index (χ4v) is 9.41. The van der Waals surface area contributed by atoms with Gasteiger partial charge in [-0.2, -0.15) is 0 Å². The molecule has 2 saturated carbocycles. The summed E-state index contributed by atoms with van der Waals surface area (Å²) in [6, 6.07) is 8.14. The second-order valence-electron chi connectivity index (χ2n) is 15.3. The molecule has 0 atom stereocenters. The first-order valence-electron chi connectivity index (χ1n) is 18.0. The Kier molecular flexibility index (Phi) is 6.54. The molecule has 10 heteroatoms. The van der Waals surface area contributed by atoms with Crippen LogP contribution in [0.15, 0.2) is 42.9 Å². The molecule has 2 spiro atoms. The van der Waals surface area contributed by atoms with Gasteiger partial charge in [-0.25, -0.2) is 4.98 Å². The van der Waals surface area contributed by atoms with Crippen molar-refractivity contribution in [3.05, 3.63) is 98.5 Å². The Hall–Kier alpha value is -4.76. The van der Waals surface area contributed by atoms with Gasteiger partial charge in [0.25, 0.3) is 11.8 Å². The molecule has 5 aromatic heterocycles. The van der Waals surface area contributed by atoms with E-state index in [2.05, 4.69) is 47.7 Å². The van der Waals surface area contributed by atoms with Crippen LogP contribution in [0.5, 0.6) is 0 Å². The summed E-state index contributed by atoms with van der Waals surface area (Å²) in [6.45, 7) is 1.99. The van der Waals surface area contributed by atoms with Crippen LogP contribution in [0.1, 0.15) is 98.6 Å². The van der Waals surface area contributed by atoms with Crippen molar-refractivity contribution in [2.24, 2.45) is 0 Å². The van der Waals surface area contributed by atoms with E-state index in [0.717, 1.165) is 126 Å². The van der Waals surface area contributed by atoms with Crippen molar-refractivity contribution >= 4 is 23.4 Å². The van der Waals surface area contributed by atoms with Crippen LogP contribution in [-0.4, -0.2) is 47.8 Å². The van der Waals surface area contributed by atoms with Crippen molar-refractivity contribution in [2.75, 3.05) is 0 Å². The quantitative estimate of drug-likeness (QED) is 0.145. The molecular formula is C40H38ClN7O2. The summed E-state index contributed by atoms with van der Waals surface area (Å²) in [5.41, 5.74) is 16.2. The number of fused-ring (bicyclic) bond motifs is 10. The molecule has 0 saturated heterocycles. The minimum Gasteiger partial charge on any atom is -0.357 e. The van der Waals surface area contributed by atoms with Gasteiger partial charge in [-0.1, -0.05) is 11.6 Å². The highest BCUT2D eigenvalue weighted by Crippen LogP contribution is 2.45. The van der Waals surface area contributed by atoms with E-state index in [9.17, 15) is 9.59 Å². The maximum absolute atomic E-state index is 12.9. The van der Waals surface area contributed by atoms with Crippen molar-refractivity contribution in [1.82, 2.24) is 35.6 Å². The van der Waals surface area contributed by atoms with E-state index < -0.39 is 0 Å². The summed E-state index contributed by atoms with van der Waals surface area (Å²) in [6.07, 6.45) is 18.0. The van der Waals surface area contributed by atoms with Gasteiger partial charge in [0, 0.05) is 76.3 Å². The number of carbonyl (C=O) groups is 2. The number of rotatable bonds is 1. The van der Waals surface area contributed by atoms with Crippen LogP contribution in [0.4, 0.5) is 0 Å². The molecule has 0 aromatic carbocycles. The Bertz CT molecular complexity index is 2260. The number of amides is 2. The molecule has 0 bridgehead atoms. The summed E-state index contributed by atoms with van der Waals surface area (Å²) in [7, 11) is 0. The molecule has 6 aliphatic rings. The zero-order valence-corrected chi connectivity index (χ0v) is 28.8. The van der Waals surface area contributed by atoms with E-state index in [-0.39, 0.29) is 22.9 Å². The number of hydrogen-bond acceptors (Lipinski definition) is 5. The van der Waals surface area contributed by atoms with Gasteiger partial charge >= 0.3 is 0 Å². The van der Waals surface area contributed by atoms with Gasteiger partial charge in [-0.3, -0.25) is 19.6 Å². The van der Waals surface area contributed by atoms with E-state index in [1.54, 1.807) is 0 Å². The zero-order valence-electron chi connectivity index (χ0n) is 28.1. The Morgan fingerprint density at radius 1 is 0.680 bits per heavy atom. The van der Waals surface area contributed by atoms with Crippen LogP contribution in [0, 0.1) is 6.92 Å². The molecule has 0 radical (unpaired) electrons. The van der Waals surface area contributed by atoms with Gasteiger partial charge in [0.15, 0.2) is 0 Å². The number of nitrogens with zero attached hydrogens (tertiary/aromatic N) is 3. The average Bonchev–Trinajstić information content (AvgIpc) is 3.66. The van der Waals surface area contributed by atoms with Gasteiger partial charge < -0.3 is 20.6 Å². The van der Waals surface area contributed by atoms with E-state index in [4.69, 9.17) is 11.6 Å². The summed E-state index contributed by atoms with van der Waals surface area (Å²) >= 11 is 6.07. The lowest BCUT2D eigenvalue weighted by molar-refractivity contribution is 0.0783. The molecule has 4 N–H and O–H groups in total. The van der Waals surface area contributed by atoms with Crippen molar-refractivity contribution in [1.29, 1.82) is 0 Å². The maximum atomic E-state index is 12.9. The average molecular weight is 684 g/mol. The Labute approximate surface area is 295 Å². The number of H-pyrrole nitrogens is 2. The van der Waals surface area contributed by atoms with Gasteiger partial charge in [0.1, 0.15) is 5.15 Å². The third-order valence-electron chi connectivity index (χ3n) is 12.2. The topological polar surface area (TPSA) is 128 Å². The third kappa shape index (κ3) is 4.62. The second-order valence-corrected chi connectivity index (χ2v) is 15.7. The lowest BCUT2D eigenvalue weighted by Gasteiger charge is -2.45. The number of halogens is 1. The summed E-state index contributed by atoms with van der Waals surface area (Å²) in [4.78, 5) is 46.0. The van der Waals surface area contributed by atoms with Gasteiger partial charge in [0.05, 0.1) is 28.2 Å². The minimum atomic E-state index is -0.00265. The SMILES string of the molecule is Cc1ccc(-c2cc3c(cn2)CCc2c-3[nH]c3c2C(=O)NC2(CCC2)C3)cn1.O=C1NC2(CCC2)Cc2[nH]c3c(c21)CCc1cnc(Cl)cc1-3. The monoisotopic (exact) mass is 683 g/mol. The van der Waals surface area contributed by atoms with Gasteiger partial charge in [-0.05, 0) is 118 Å². The standard InChI is InChI=1S/C23H22N4O.C17H16ClN3O/c1-13-3-4-15(12-24-13)18-9-17-14(11-25-18)5-6-16-20-19(26-21(16)17)10-23(7-2-8-23)27-22(20)28;18-13-6-11-9(8-19-13)2-3-10-14-12(20-15(10)11)7-17(4-1-5-17)21-16(14)22/h3-4,9,11-12,26H,2,5-8,10H2,1H3,(H,27,28);6,8,20H,1-5,7H2,(H,21,22). The number of hydrogen-bond donors (Lipinski definition) is 4. The van der Waals surface area contributed by atoms with Crippen molar-refractivity contribution in [2.45, 2.75) is 95.1 Å². The van der Waals surface area contributed by atoms with E-state index >= 15 is 0 Å². The molecule has 5 aromatic rings. The Balaban J connectivity index is 0.000000130. The highest BCUT2D eigenvalue weighted by molar-refractivity contribution is 6.29. The first-order chi connectivity index (χ1) is 24.3. The molecule has 9 nitrogen and oxygen atoms in total. The summed E-state index contributed by atoms with van der Waals surface area (Å²) in [5, 5.41) is 7.07. The summed E-state index contributed by atoms with van der Waals surface area (Å²) in [5.74, 6) is 0.209. The predicted molar refractivity (Wildman–Crippen MR) is 191 cm³/mol. The van der Waals surface area contributed by atoms with E-state index in [1.165, 1.54) is 35.1 Å². The fraction of sp³-hybridized carbons (Fsp3) is 0.375. The smallest absolute Gasteiger partial charge is 0.253 e. The Morgan fingerprint density at radius 3 is 1.76 bits per heavy atom. The van der Waals surface area contributed by atoms with Crippen LogP contribution < -0.4 is 10.6 Å². The predicted octanol–water partition coefficient (Wildman–Crippen LogP) is 6.79. The minimum absolute atomic E-state index is 0.00265. The highest BCUT2D eigenvalue weighted by Gasteiger charge is 2.46. The highest BCUT2D eigenvalue weighted by atomic mass is 35.5. The van der Waals surface area contributed by atoms with Crippen molar-refractivity contribution in [3.8, 4) is 33.8 Å². The number of aromatic nitrogens is 5. The van der Waals surface area contributed by atoms with Crippen LogP contribution in [-0.2, 0) is 38.5 Å². The fourth-order valence-electron chi connectivity index (χ4n) is 9.25. The van der Waals surface area contributed by atoms with Crippen LogP contribution in [0.2, 0.25) is 5.15 Å². The zero-order chi connectivity index (χ0) is 33.8. The first kappa shape index (κ1) is 30.1. The summed E-state index contributed by atoms with van der Waals surface area (Å²) < 4.78 is 0. The number of pyridine rings is 3. The molecule has 50 heavy (non-hydrogen) atoms. The molecule has 2 aliphatic heterocycles. The Morgan fingerprint density at radius 2 is 1.24 bits per heavy atom. The number of carbonyl (C=O) groups excluding carboxylic acids is 2. The van der Waals surface area contributed by atoms with Gasteiger partial charge in [0.2, 0.25) is 0 Å². The number of aryl methyl sites for hydroxylation is 3. The van der Waals surface area contributed by atoms with Crippen LogP contribution in [0.3, 0.4) is 0 Å². The van der Waals surface area contributed by atoms with Crippen molar-refractivity contribution < 1.29 is 9.59 Å². The molecular weight excluding hydrogens is 646 g/mol. The molecule has 7 heterocycles. The number of nitrogens with one attached hydrogen (secondary N) is 4. The van der Waals surface area contributed by atoms with Crippen LogP contribution >= 0.6 is 11.6 Å². The third-order valence-corrected chi connectivity index (χ3v) is 12.4. The van der Waals surface area contributed by atoms with E-state index in [1.807, 2.05) is 37.6 Å². The van der Waals surface area contributed by atoms with Crippen molar-refractivity contribution in [3.63, 3.8) is 0 Å². The normalized spacial score (nSPS) is 19.6. The molecule has 4 aliphatic carbocycles. The molecule has 2 amide bonds. The first-order valence-corrected chi connectivity index (χ1v) is 18.3. The molecule has 0 unspecified atom stereocenters. The van der Waals surface area contributed by atoms with Gasteiger partial charge in [-0.15, -0.1) is 0 Å². The van der Waals surface area contributed by atoms with Crippen LogP contribution in [0.25, 0.3) is 33.8 Å². The lowest BCUT2D eigenvalue weighted by Crippen LogP contribution is -2.58. The molecule has 252 valence electrons. The van der Waals surface area contributed by atoms with E-state index in [0.29, 0.717) is 5.15 Å². The molecule has 2 fully saturated rings. The number of aromatic amines is 2. The molecule has 11 rings (SSSR count).